The molecule has 146 valence electrons. The van der Waals surface area contributed by atoms with Crippen LogP contribution in [0.5, 0.6) is 0 Å². The first-order valence-electron chi connectivity index (χ1n) is 9.89. The van der Waals surface area contributed by atoms with E-state index in [1.807, 2.05) is 27.7 Å². The third-order valence-corrected chi connectivity index (χ3v) is 4.74. The largest absolute Gasteiger partial charge is 0.233 e. The van der Waals surface area contributed by atoms with Gasteiger partial charge >= 0.3 is 0 Å². The van der Waals surface area contributed by atoms with Crippen LogP contribution in [0.4, 0.5) is 0 Å². The van der Waals surface area contributed by atoms with Gasteiger partial charge in [-0.25, -0.2) is 9.78 Å². The van der Waals surface area contributed by atoms with Crippen LogP contribution in [0, 0.1) is 0 Å². The smallest absolute Gasteiger partial charge is 0.228 e. The molecule has 0 N–H and O–H groups in total. The van der Waals surface area contributed by atoms with E-state index in [4.69, 9.17) is 19.6 Å². The first kappa shape index (κ1) is 23.8. The average Bonchev–Trinajstić information content (AvgIpc) is 2.57. The molecule has 0 aromatic rings. The van der Waals surface area contributed by atoms with Crippen molar-refractivity contribution < 1.29 is 19.6 Å². The molecule has 0 aliphatic heterocycles. The van der Waals surface area contributed by atoms with Crippen molar-refractivity contribution in [1.29, 1.82) is 0 Å². The van der Waals surface area contributed by atoms with Crippen molar-refractivity contribution in [3.05, 3.63) is 0 Å². The Morgan fingerprint density at radius 3 is 1.38 bits per heavy atom. The minimum absolute atomic E-state index is 0.341. The second-order valence-electron chi connectivity index (χ2n) is 7.99. The number of rotatable bonds is 15. The second-order valence-corrected chi connectivity index (χ2v) is 7.99. The molecule has 0 bridgehead atoms. The molecule has 0 fully saturated rings. The molecule has 0 rings (SSSR count). The van der Waals surface area contributed by atoms with Crippen LogP contribution >= 0.6 is 0 Å². The monoisotopic (exact) mass is 346 g/mol. The zero-order valence-corrected chi connectivity index (χ0v) is 17.5. The number of unbranched alkanes of at least 4 members (excludes halogenated alkanes) is 4. The normalized spacial score (nSPS) is 13.5. The molecule has 0 saturated heterocycles. The molecule has 0 amide bonds. The quantitative estimate of drug-likeness (QED) is 0.143. The van der Waals surface area contributed by atoms with E-state index in [2.05, 4.69) is 27.7 Å². The Bertz CT molecular complexity index is 293. The molecule has 0 saturated carbocycles. The van der Waals surface area contributed by atoms with Crippen molar-refractivity contribution in [3.8, 4) is 0 Å². The minimum atomic E-state index is -0.842. The van der Waals surface area contributed by atoms with Crippen molar-refractivity contribution >= 4 is 0 Å². The lowest BCUT2D eigenvalue weighted by Crippen LogP contribution is -2.41. The molecule has 4 heteroatoms. The summed E-state index contributed by atoms with van der Waals surface area (Å²) in [6.07, 6.45) is 9.17. The molecular formula is C20H42O4. The van der Waals surface area contributed by atoms with Gasteiger partial charge in [0, 0.05) is 12.8 Å². The Labute approximate surface area is 150 Å². The molecule has 0 atom stereocenters. The fourth-order valence-corrected chi connectivity index (χ4v) is 1.89. The molecule has 0 spiro atoms. The Morgan fingerprint density at radius 1 is 0.542 bits per heavy atom. The summed E-state index contributed by atoms with van der Waals surface area (Å²) in [6, 6.07) is 0. The molecule has 4 nitrogen and oxygen atoms in total. The van der Waals surface area contributed by atoms with Gasteiger partial charge in [0.15, 0.2) is 0 Å². The molecule has 0 heterocycles. The second kappa shape index (κ2) is 11.5. The maximum absolute atomic E-state index is 5.83. The fourth-order valence-electron chi connectivity index (χ4n) is 1.89. The highest BCUT2D eigenvalue weighted by Gasteiger charge is 2.37. The predicted octanol–water partition coefficient (Wildman–Crippen LogP) is 6.73. The van der Waals surface area contributed by atoms with Crippen LogP contribution in [0.3, 0.4) is 0 Å². The summed E-state index contributed by atoms with van der Waals surface area (Å²) in [6.45, 7) is 16.5. The van der Waals surface area contributed by atoms with Crippen LogP contribution in [0.25, 0.3) is 0 Å². The summed E-state index contributed by atoms with van der Waals surface area (Å²) >= 11 is 0. The summed E-state index contributed by atoms with van der Waals surface area (Å²) in [7, 11) is 0. The lowest BCUT2D eigenvalue weighted by atomic mass is 10.0. The van der Waals surface area contributed by atoms with Gasteiger partial charge in [0.25, 0.3) is 0 Å². The van der Waals surface area contributed by atoms with Gasteiger partial charge in [-0.15, -0.1) is 0 Å². The van der Waals surface area contributed by atoms with Gasteiger partial charge in [-0.1, -0.05) is 53.4 Å². The van der Waals surface area contributed by atoms with E-state index in [0.717, 1.165) is 25.7 Å². The van der Waals surface area contributed by atoms with Gasteiger partial charge in [-0.2, -0.15) is 9.78 Å². The summed E-state index contributed by atoms with van der Waals surface area (Å²) < 4.78 is 0. The zero-order valence-electron chi connectivity index (χ0n) is 17.5. The Hall–Kier alpha value is -0.160. The maximum atomic E-state index is 5.83. The first-order valence-corrected chi connectivity index (χ1v) is 9.89. The van der Waals surface area contributed by atoms with Crippen LogP contribution in [-0.4, -0.2) is 17.0 Å². The van der Waals surface area contributed by atoms with E-state index in [1.165, 1.54) is 25.7 Å². The van der Waals surface area contributed by atoms with Crippen molar-refractivity contribution in [2.45, 2.75) is 130 Å². The van der Waals surface area contributed by atoms with Gasteiger partial charge < -0.3 is 0 Å². The van der Waals surface area contributed by atoms with Crippen molar-refractivity contribution in [2.75, 3.05) is 0 Å². The molecule has 0 aliphatic rings. The van der Waals surface area contributed by atoms with E-state index < -0.39 is 5.79 Å². The van der Waals surface area contributed by atoms with Crippen LogP contribution < -0.4 is 0 Å². The van der Waals surface area contributed by atoms with Crippen LogP contribution in [-0.2, 0) is 19.6 Å². The SMILES string of the molecule is CCCCCCCC(CC)(OOC(C)(C)CC)OOC(C)(C)CC. The Balaban J connectivity index is 4.79. The van der Waals surface area contributed by atoms with E-state index in [-0.39, 0.29) is 11.2 Å². The third kappa shape index (κ3) is 9.97. The standard InChI is InChI=1S/C20H42O4/c1-9-13-14-15-16-17-20(12-4,23-21-18(5,6)10-2)24-22-19(7,8)11-3/h9-17H2,1-8H3. The van der Waals surface area contributed by atoms with Crippen LogP contribution in [0.1, 0.15) is 113 Å². The summed E-state index contributed by atoms with van der Waals surface area (Å²) in [5, 5.41) is 0. The molecule has 0 unspecified atom stereocenters. The lowest BCUT2D eigenvalue weighted by molar-refractivity contribution is -0.545. The number of hydrogen-bond acceptors (Lipinski definition) is 4. The highest BCUT2D eigenvalue weighted by Crippen LogP contribution is 2.31. The van der Waals surface area contributed by atoms with Crippen LogP contribution in [0.2, 0.25) is 0 Å². The predicted molar refractivity (Wildman–Crippen MR) is 99.5 cm³/mol. The van der Waals surface area contributed by atoms with Gasteiger partial charge in [0.1, 0.15) is 0 Å². The molecular weight excluding hydrogens is 304 g/mol. The molecule has 0 radical (unpaired) electrons. The summed E-state index contributed by atoms with van der Waals surface area (Å²) in [5.41, 5.74) is -0.682. The third-order valence-electron chi connectivity index (χ3n) is 4.74. The van der Waals surface area contributed by atoms with Gasteiger partial charge in [0.05, 0.1) is 11.2 Å². The Kier molecular flexibility index (Phi) is 11.4. The molecule has 24 heavy (non-hydrogen) atoms. The van der Waals surface area contributed by atoms with E-state index in [1.54, 1.807) is 0 Å². The van der Waals surface area contributed by atoms with E-state index in [0.29, 0.717) is 6.42 Å². The van der Waals surface area contributed by atoms with Gasteiger partial charge in [0.2, 0.25) is 5.79 Å². The summed E-state index contributed by atoms with van der Waals surface area (Å²) in [5.74, 6) is -0.842. The average molecular weight is 347 g/mol. The highest BCUT2D eigenvalue weighted by atomic mass is 17.3. The van der Waals surface area contributed by atoms with E-state index >= 15 is 0 Å². The molecule has 0 aromatic carbocycles. The first-order chi connectivity index (χ1) is 11.2. The molecule has 0 aliphatic carbocycles. The Morgan fingerprint density at radius 2 is 1.00 bits per heavy atom. The van der Waals surface area contributed by atoms with Crippen molar-refractivity contribution in [1.82, 2.24) is 0 Å². The fraction of sp³-hybridized carbons (Fsp3) is 1.00. The van der Waals surface area contributed by atoms with Crippen LogP contribution in [0.15, 0.2) is 0 Å². The van der Waals surface area contributed by atoms with Crippen molar-refractivity contribution in [3.63, 3.8) is 0 Å². The van der Waals surface area contributed by atoms with E-state index in [9.17, 15) is 0 Å². The lowest BCUT2D eigenvalue weighted by Gasteiger charge is -2.36. The van der Waals surface area contributed by atoms with Gasteiger partial charge in [-0.05, 0) is 47.0 Å². The maximum Gasteiger partial charge on any atom is 0.233 e. The topological polar surface area (TPSA) is 36.9 Å². The van der Waals surface area contributed by atoms with Gasteiger partial charge in [-0.3, -0.25) is 0 Å². The minimum Gasteiger partial charge on any atom is -0.228 e. The zero-order chi connectivity index (χ0) is 18.7. The molecule has 0 aromatic heterocycles. The number of hydrogen-bond donors (Lipinski definition) is 0. The summed E-state index contributed by atoms with van der Waals surface area (Å²) in [4.78, 5) is 23.1. The van der Waals surface area contributed by atoms with Crippen molar-refractivity contribution in [2.24, 2.45) is 0 Å². The highest BCUT2D eigenvalue weighted by molar-refractivity contribution is 4.69.